The fourth-order valence-corrected chi connectivity index (χ4v) is 3.96. The Bertz CT molecular complexity index is 655. The summed E-state index contributed by atoms with van der Waals surface area (Å²) in [6, 6.07) is 1.91. The van der Waals surface area contributed by atoms with E-state index in [4.69, 9.17) is 4.98 Å². The Balaban J connectivity index is 1.68. The summed E-state index contributed by atoms with van der Waals surface area (Å²) in [5.74, 6) is 1.07. The maximum atomic E-state index is 13.1. The van der Waals surface area contributed by atoms with E-state index in [2.05, 4.69) is 9.88 Å². The van der Waals surface area contributed by atoms with Crippen LogP contribution in [-0.4, -0.2) is 70.2 Å². The van der Waals surface area contributed by atoms with Gasteiger partial charge in [0.05, 0.1) is 11.7 Å². The molecule has 0 N–H and O–H groups in total. The van der Waals surface area contributed by atoms with Gasteiger partial charge in [-0.1, -0.05) is 0 Å². The molecular weight excluding hydrogens is 330 g/mol. The lowest BCUT2D eigenvalue weighted by molar-refractivity contribution is -0.141. The van der Waals surface area contributed by atoms with Crippen molar-refractivity contribution in [2.45, 2.75) is 45.2 Å². The van der Waals surface area contributed by atoms with Crippen molar-refractivity contribution in [1.29, 1.82) is 0 Å². The quantitative estimate of drug-likeness (QED) is 0.814. The lowest BCUT2D eigenvalue weighted by atomic mass is 9.95. The number of likely N-dealkylation sites (tertiary alicyclic amines) is 2. The van der Waals surface area contributed by atoms with Gasteiger partial charge in [-0.05, 0) is 45.8 Å². The van der Waals surface area contributed by atoms with Crippen LogP contribution in [-0.2, 0) is 16.1 Å². The summed E-state index contributed by atoms with van der Waals surface area (Å²) >= 11 is 0. The van der Waals surface area contributed by atoms with Crippen LogP contribution in [0, 0.1) is 5.92 Å². The minimum absolute atomic E-state index is 0.0103. The van der Waals surface area contributed by atoms with E-state index in [0.29, 0.717) is 13.1 Å². The highest BCUT2D eigenvalue weighted by atomic mass is 16.2. The first-order valence-electron chi connectivity index (χ1n) is 9.48. The first-order valence-corrected chi connectivity index (χ1v) is 9.48. The molecule has 0 unspecified atom stereocenters. The first-order chi connectivity index (χ1) is 12.5. The predicted molar refractivity (Wildman–Crippen MR) is 98.1 cm³/mol. The maximum absolute atomic E-state index is 13.1. The summed E-state index contributed by atoms with van der Waals surface area (Å²) in [4.78, 5) is 39.6. The van der Waals surface area contributed by atoms with Gasteiger partial charge in [-0.25, -0.2) is 9.97 Å². The molecule has 0 aromatic carbocycles. The molecule has 7 nitrogen and oxygen atoms in total. The van der Waals surface area contributed by atoms with E-state index in [9.17, 15) is 9.59 Å². The highest BCUT2D eigenvalue weighted by Gasteiger charge is 2.36. The first kappa shape index (κ1) is 18.8. The highest BCUT2D eigenvalue weighted by molar-refractivity contribution is 5.80. The zero-order valence-electron chi connectivity index (χ0n) is 16.0. The van der Waals surface area contributed by atoms with Crippen LogP contribution >= 0.6 is 0 Å². The summed E-state index contributed by atoms with van der Waals surface area (Å²) in [5, 5.41) is 0. The zero-order chi connectivity index (χ0) is 18.7. The van der Waals surface area contributed by atoms with Gasteiger partial charge in [-0.15, -0.1) is 0 Å². The van der Waals surface area contributed by atoms with Crippen LogP contribution < -0.4 is 0 Å². The van der Waals surface area contributed by atoms with E-state index in [-0.39, 0.29) is 23.8 Å². The Morgan fingerprint density at radius 3 is 2.58 bits per heavy atom. The number of hydrogen-bond donors (Lipinski definition) is 0. The summed E-state index contributed by atoms with van der Waals surface area (Å²) < 4.78 is 0. The standard InChI is InChI=1S/C19H29N5O2/c1-14(25)23-11-7-15(8-12-23)19(26)24-10-4-5-17(24)18-20-9-6-16(21-18)13-22(2)3/h6,9,15,17H,4-5,7-8,10-13H2,1-3H3/t17-/m0/s1. The Kier molecular flexibility index (Phi) is 5.86. The fourth-order valence-electron chi connectivity index (χ4n) is 3.96. The molecule has 1 aromatic heterocycles. The Morgan fingerprint density at radius 1 is 1.19 bits per heavy atom. The van der Waals surface area contributed by atoms with Gasteiger partial charge in [0.2, 0.25) is 11.8 Å². The second kappa shape index (κ2) is 8.12. The highest BCUT2D eigenvalue weighted by Crippen LogP contribution is 2.33. The molecule has 2 amide bonds. The van der Waals surface area contributed by atoms with E-state index in [0.717, 1.165) is 50.3 Å². The SMILES string of the molecule is CC(=O)N1CCC(C(=O)N2CCC[C@H]2c2nccc(CN(C)C)n2)CC1. The lowest BCUT2D eigenvalue weighted by Crippen LogP contribution is -2.43. The molecule has 0 spiro atoms. The number of hydrogen-bond acceptors (Lipinski definition) is 5. The summed E-state index contributed by atoms with van der Waals surface area (Å²) in [6.45, 7) is 4.49. The molecule has 7 heteroatoms. The molecule has 2 aliphatic rings. The fraction of sp³-hybridized carbons (Fsp3) is 0.684. The van der Waals surface area contributed by atoms with Gasteiger partial charge in [0, 0.05) is 45.2 Å². The van der Waals surface area contributed by atoms with E-state index in [1.54, 1.807) is 13.1 Å². The average molecular weight is 359 g/mol. The lowest BCUT2D eigenvalue weighted by Gasteiger charge is -2.34. The van der Waals surface area contributed by atoms with Crippen LogP contribution in [0.3, 0.4) is 0 Å². The topological polar surface area (TPSA) is 69.6 Å². The van der Waals surface area contributed by atoms with Crippen molar-refractivity contribution >= 4 is 11.8 Å². The second-order valence-electron chi connectivity index (χ2n) is 7.61. The van der Waals surface area contributed by atoms with E-state index in [1.165, 1.54) is 0 Å². The largest absolute Gasteiger partial charge is 0.343 e. The van der Waals surface area contributed by atoms with Crippen LogP contribution in [0.15, 0.2) is 12.3 Å². The molecular formula is C19H29N5O2. The van der Waals surface area contributed by atoms with Crippen molar-refractivity contribution in [3.8, 4) is 0 Å². The molecule has 0 radical (unpaired) electrons. The van der Waals surface area contributed by atoms with Crippen molar-refractivity contribution < 1.29 is 9.59 Å². The average Bonchev–Trinajstić information content (AvgIpc) is 3.10. The molecule has 0 saturated carbocycles. The number of aromatic nitrogens is 2. The zero-order valence-corrected chi connectivity index (χ0v) is 16.0. The van der Waals surface area contributed by atoms with Crippen molar-refractivity contribution in [2.24, 2.45) is 5.92 Å². The monoisotopic (exact) mass is 359 g/mol. The smallest absolute Gasteiger partial charge is 0.226 e. The van der Waals surface area contributed by atoms with E-state index >= 15 is 0 Å². The molecule has 2 saturated heterocycles. The molecule has 0 bridgehead atoms. The third kappa shape index (κ3) is 4.20. The van der Waals surface area contributed by atoms with E-state index in [1.807, 2.05) is 30.0 Å². The number of nitrogens with zero attached hydrogens (tertiary/aromatic N) is 5. The number of rotatable bonds is 4. The Morgan fingerprint density at radius 2 is 1.92 bits per heavy atom. The van der Waals surface area contributed by atoms with Gasteiger partial charge in [0.1, 0.15) is 0 Å². The van der Waals surface area contributed by atoms with Gasteiger partial charge in [-0.3, -0.25) is 9.59 Å². The number of carbonyl (C=O) groups is 2. The molecule has 2 aliphatic heterocycles. The number of piperidine rings is 1. The van der Waals surface area contributed by atoms with Crippen LogP contribution in [0.25, 0.3) is 0 Å². The number of amides is 2. The second-order valence-corrected chi connectivity index (χ2v) is 7.61. The molecule has 0 aliphatic carbocycles. The predicted octanol–water partition coefficient (Wildman–Crippen LogP) is 1.46. The van der Waals surface area contributed by atoms with Gasteiger partial charge in [-0.2, -0.15) is 0 Å². The van der Waals surface area contributed by atoms with Gasteiger partial charge in [0.25, 0.3) is 0 Å². The third-order valence-electron chi connectivity index (χ3n) is 5.33. The summed E-state index contributed by atoms with van der Waals surface area (Å²) in [7, 11) is 4.03. The van der Waals surface area contributed by atoms with Crippen molar-refractivity contribution in [2.75, 3.05) is 33.7 Å². The Labute approximate surface area is 155 Å². The molecule has 2 fully saturated rings. The maximum Gasteiger partial charge on any atom is 0.226 e. The van der Waals surface area contributed by atoms with Crippen molar-refractivity contribution in [1.82, 2.24) is 24.7 Å². The minimum atomic E-state index is -0.0181. The van der Waals surface area contributed by atoms with Crippen molar-refractivity contribution in [3.63, 3.8) is 0 Å². The normalized spacial score (nSPS) is 21.5. The molecule has 3 heterocycles. The number of carbonyl (C=O) groups excluding carboxylic acids is 2. The Hall–Kier alpha value is -2.02. The molecule has 1 atom stereocenters. The molecule has 1 aromatic rings. The third-order valence-corrected chi connectivity index (χ3v) is 5.33. The molecule has 3 rings (SSSR count). The summed E-state index contributed by atoms with van der Waals surface area (Å²) in [6.07, 6.45) is 5.22. The molecule has 142 valence electrons. The van der Waals surface area contributed by atoms with Crippen LogP contribution in [0.5, 0.6) is 0 Å². The van der Waals surface area contributed by atoms with Crippen molar-refractivity contribution in [3.05, 3.63) is 23.8 Å². The van der Waals surface area contributed by atoms with Gasteiger partial charge >= 0.3 is 0 Å². The van der Waals surface area contributed by atoms with Crippen LogP contribution in [0.1, 0.15) is 50.2 Å². The van der Waals surface area contributed by atoms with Gasteiger partial charge in [0.15, 0.2) is 5.82 Å². The minimum Gasteiger partial charge on any atom is -0.343 e. The van der Waals surface area contributed by atoms with Gasteiger partial charge < -0.3 is 14.7 Å². The van der Waals surface area contributed by atoms with Crippen LogP contribution in [0.2, 0.25) is 0 Å². The van der Waals surface area contributed by atoms with Crippen LogP contribution in [0.4, 0.5) is 0 Å². The molecule has 26 heavy (non-hydrogen) atoms. The van der Waals surface area contributed by atoms with E-state index < -0.39 is 0 Å². The summed E-state index contributed by atoms with van der Waals surface area (Å²) in [5.41, 5.74) is 0.981.